The first-order chi connectivity index (χ1) is 9.06. The molecule has 0 aliphatic rings. The van der Waals surface area contributed by atoms with E-state index in [4.69, 9.17) is 5.73 Å². The van der Waals surface area contributed by atoms with E-state index in [0.29, 0.717) is 11.3 Å². The SMILES string of the molecule is Cc1cnc(CNC(=O)c2ccc(F)c(N)c2)cn1. The Bertz CT molecular complexity index is 598. The minimum Gasteiger partial charge on any atom is -0.396 e. The highest BCUT2D eigenvalue weighted by Gasteiger charge is 2.08. The molecule has 1 amide bonds. The van der Waals surface area contributed by atoms with E-state index < -0.39 is 5.82 Å². The van der Waals surface area contributed by atoms with Gasteiger partial charge in [0.2, 0.25) is 0 Å². The second-order valence-electron chi connectivity index (χ2n) is 4.07. The fourth-order valence-electron chi connectivity index (χ4n) is 1.47. The standard InChI is InChI=1S/C13H13FN4O/c1-8-5-17-10(6-16-8)7-18-13(19)9-2-3-11(14)12(15)4-9/h2-6H,7,15H2,1H3,(H,18,19). The maximum absolute atomic E-state index is 13.0. The van der Waals surface area contributed by atoms with Crippen molar-refractivity contribution in [1.82, 2.24) is 15.3 Å². The second kappa shape index (κ2) is 5.43. The monoisotopic (exact) mass is 260 g/mol. The summed E-state index contributed by atoms with van der Waals surface area (Å²) in [5, 5.41) is 2.66. The minimum absolute atomic E-state index is 0.0530. The lowest BCUT2D eigenvalue weighted by molar-refractivity contribution is 0.0950. The van der Waals surface area contributed by atoms with Crippen molar-refractivity contribution in [2.45, 2.75) is 13.5 Å². The maximum Gasteiger partial charge on any atom is 0.251 e. The van der Waals surface area contributed by atoms with Gasteiger partial charge < -0.3 is 11.1 Å². The van der Waals surface area contributed by atoms with E-state index in [9.17, 15) is 9.18 Å². The van der Waals surface area contributed by atoms with Crippen molar-refractivity contribution in [3.8, 4) is 0 Å². The van der Waals surface area contributed by atoms with Crippen molar-refractivity contribution in [3.63, 3.8) is 0 Å². The largest absolute Gasteiger partial charge is 0.396 e. The number of amides is 1. The van der Waals surface area contributed by atoms with Crippen molar-refractivity contribution < 1.29 is 9.18 Å². The summed E-state index contributed by atoms with van der Waals surface area (Å²) < 4.78 is 13.0. The highest BCUT2D eigenvalue weighted by molar-refractivity contribution is 5.94. The predicted octanol–water partition coefficient (Wildman–Crippen LogP) is 1.44. The Morgan fingerprint density at radius 1 is 1.37 bits per heavy atom. The van der Waals surface area contributed by atoms with Gasteiger partial charge in [-0.25, -0.2) is 4.39 Å². The fraction of sp³-hybridized carbons (Fsp3) is 0.154. The van der Waals surface area contributed by atoms with Gasteiger partial charge in [0.1, 0.15) is 5.82 Å². The summed E-state index contributed by atoms with van der Waals surface area (Å²) in [5.74, 6) is -0.880. The number of nitrogens with one attached hydrogen (secondary N) is 1. The Labute approximate surface area is 109 Å². The molecule has 1 heterocycles. The molecule has 0 aliphatic carbocycles. The third kappa shape index (κ3) is 3.25. The molecular formula is C13H13FN4O. The number of hydrogen-bond acceptors (Lipinski definition) is 4. The number of benzene rings is 1. The van der Waals surface area contributed by atoms with Gasteiger partial charge in [0.05, 0.1) is 29.8 Å². The van der Waals surface area contributed by atoms with Crippen LogP contribution in [-0.4, -0.2) is 15.9 Å². The first-order valence-electron chi connectivity index (χ1n) is 5.67. The number of nitrogens with two attached hydrogens (primary N) is 1. The van der Waals surface area contributed by atoms with Crippen LogP contribution in [0.2, 0.25) is 0 Å². The molecule has 0 saturated carbocycles. The lowest BCUT2D eigenvalue weighted by Gasteiger charge is -2.06. The van der Waals surface area contributed by atoms with Crippen LogP contribution in [-0.2, 0) is 6.54 Å². The summed E-state index contributed by atoms with van der Waals surface area (Å²) >= 11 is 0. The zero-order valence-corrected chi connectivity index (χ0v) is 10.4. The van der Waals surface area contributed by atoms with Crippen LogP contribution in [0.3, 0.4) is 0 Å². The van der Waals surface area contributed by atoms with E-state index in [1.165, 1.54) is 12.1 Å². The molecule has 0 fully saturated rings. The van der Waals surface area contributed by atoms with E-state index in [2.05, 4.69) is 15.3 Å². The summed E-state index contributed by atoms with van der Waals surface area (Å²) in [6.45, 7) is 2.08. The quantitative estimate of drug-likeness (QED) is 0.818. The van der Waals surface area contributed by atoms with Gasteiger partial charge in [0.15, 0.2) is 0 Å². The smallest absolute Gasteiger partial charge is 0.251 e. The number of nitrogen functional groups attached to an aromatic ring is 1. The van der Waals surface area contributed by atoms with Gasteiger partial charge in [0.25, 0.3) is 5.91 Å². The average molecular weight is 260 g/mol. The number of carbonyl (C=O) groups excluding carboxylic acids is 1. The number of aromatic nitrogens is 2. The Hall–Kier alpha value is -2.50. The van der Waals surface area contributed by atoms with E-state index in [1.807, 2.05) is 6.92 Å². The number of halogens is 1. The van der Waals surface area contributed by atoms with Crippen molar-refractivity contribution in [2.24, 2.45) is 0 Å². The van der Waals surface area contributed by atoms with Crippen LogP contribution >= 0.6 is 0 Å². The first-order valence-corrected chi connectivity index (χ1v) is 5.67. The highest BCUT2D eigenvalue weighted by Crippen LogP contribution is 2.12. The molecule has 6 heteroatoms. The molecule has 0 spiro atoms. The summed E-state index contributed by atoms with van der Waals surface area (Å²) in [6, 6.07) is 3.84. The highest BCUT2D eigenvalue weighted by atomic mass is 19.1. The van der Waals surface area contributed by atoms with Gasteiger partial charge in [-0.1, -0.05) is 0 Å². The Morgan fingerprint density at radius 3 is 2.79 bits per heavy atom. The Balaban J connectivity index is 2.01. The van der Waals surface area contributed by atoms with Gasteiger partial charge in [-0.2, -0.15) is 0 Å². The average Bonchev–Trinajstić information content (AvgIpc) is 2.41. The van der Waals surface area contributed by atoms with Crippen molar-refractivity contribution >= 4 is 11.6 Å². The number of carbonyl (C=O) groups is 1. The summed E-state index contributed by atoms with van der Waals surface area (Å²) in [5.41, 5.74) is 7.11. The molecule has 98 valence electrons. The molecule has 0 aliphatic heterocycles. The second-order valence-corrected chi connectivity index (χ2v) is 4.07. The molecule has 3 N–H and O–H groups in total. The summed E-state index contributed by atoms with van der Waals surface area (Å²) in [7, 11) is 0. The van der Waals surface area contributed by atoms with Gasteiger partial charge in [-0.05, 0) is 25.1 Å². The summed E-state index contributed by atoms with van der Waals surface area (Å²) in [4.78, 5) is 20.0. The molecule has 0 unspecified atom stereocenters. The van der Waals surface area contributed by atoms with Gasteiger partial charge in [-0.15, -0.1) is 0 Å². The van der Waals surface area contributed by atoms with Gasteiger partial charge in [0, 0.05) is 11.8 Å². The normalized spacial score (nSPS) is 10.2. The third-order valence-electron chi connectivity index (χ3n) is 2.52. The molecule has 0 bridgehead atoms. The zero-order chi connectivity index (χ0) is 13.8. The molecule has 0 atom stereocenters. The van der Waals surface area contributed by atoms with Crippen LogP contribution in [0.4, 0.5) is 10.1 Å². The molecule has 19 heavy (non-hydrogen) atoms. The van der Waals surface area contributed by atoms with Crippen LogP contribution in [0.25, 0.3) is 0 Å². The number of anilines is 1. The topological polar surface area (TPSA) is 80.9 Å². The van der Waals surface area contributed by atoms with Gasteiger partial charge >= 0.3 is 0 Å². The Morgan fingerprint density at radius 2 is 2.16 bits per heavy atom. The number of hydrogen-bond donors (Lipinski definition) is 2. The predicted molar refractivity (Wildman–Crippen MR) is 68.8 cm³/mol. The van der Waals surface area contributed by atoms with Crippen LogP contribution in [0, 0.1) is 12.7 Å². The van der Waals surface area contributed by atoms with Crippen molar-refractivity contribution in [1.29, 1.82) is 0 Å². The molecule has 0 saturated heterocycles. The van der Waals surface area contributed by atoms with Crippen molar-refractivity contribution in [3.05, 3.63) is 53.4 Å². The maximum atomic E-state index is 13.0. The molecule has 1 aromatic heterocycles. The Kier molecular flexibility index (Phi) is 3.70. The van der Waals surface area contributed by atoms with Crippen LogP contribution in [0.5, 0.6) is 0 Å². The van der Waals surface area contributed by atoms with E-state index in [0.717, 1.165) is 11.8 Å². The molecule has 2 rings (SSSR count). The number of aryl methyl sites for hydroxylation is 1. The zero-order valence-electron chi connectivity index (χ0n) is 10.4. The van der Waals surface area contributed by atoms with E-state index in [-0.39, 0.29) is 18.1 Å². The molecule has 5 nitrogen and oxygen atoms in total. The van der Waals surface area contributed by atoms with E-state index >= 15 is 0 Å². The molecule has 1 aromatic carbocycles. The lowest BCUT2D eigenvalue weighted by atomic mass is 10.2. The van der Waals surface area contributed by atoms with Gasteiger partial charge in [-0.3, -0.25) is 14.8 Å². The van der Waals surface area contributed by atoms with Crippen LogP contribution in [0.15, 0.2) is 30.6 Å². The fourth-order valence-corrected chi connectivity index (χ4v) is 1.47. The number of rotatable bonds is 3. The number of nitrogens with zero attached hydrogens (tertiary/aromatic N) is 2. The molecular weight excluding hydrogens is 247 g/mol. The van der Waals surface area contributed by atoms with E-state index in [1.54, 1.807) is 12.4 Å². The van der Waals surface area contributed by atoms with Crippen LogP contribution < -0.4 is 11.1 Å². The minimum atomic E-state index is -0.541. The molecule has 0 radical (unpaired) electrons. The summed E-state index contributed by atoms with van der Waals surface area (Å²) in [6.07, 6.45) is 3.21. The van der Waals surface area contributed by atoms with Crippen LogP contribution in [0.1, 0.15) is 21.7 Å². The van der Waals surface area contributed by atoms with Crippen molar-refractivity contribution in [2.75, 3.05) is 5.73 Å². The molecule has 2 aromatic rings. The first kappa shape index (κ1) is 12.9. The third-order valence-corrected chi connectivity index (χ3v) is 2.52. The lowest BCUT2D eigenvalue weighted by Crippen LogP contribution is -2.23.